The highest BCUT2D eigenvalue weighted by Gasteiger charge is 2.14. The highest BCUT2D eigenvalue weighted by Crippen LogP contribution is 2.40. The van der Waals surface area contributed by atoms with Gasteiger partial charge < -0.3 is 4.57 Å². The van der Waals surface area contributed by atoms with E-state index in [4.69, 9.17) is 4.98 Å². The molecule has 3 heteroatoms. The first kappa shape index (κ1) is 25.9. The number of aryl methyl sites for hydroxylation is 1. The first-order chi connectivity index (χ1) is 22.2. The van der Waals surface area contributed by atoms with Gasteiger partial charge in [-0.05, 0) is 92.8 Å². The van der Waals surface area contributed by atoms with Crippen LogP contribution in [0.2, 0.25) is 0 Å². The third-order valence-electron chi connectivity index (χ3n) is 9.07. The first-order valence-corrected chi connectivity index (χ1v) is 16.1. The molecule has 0 saturated heterocycles. The smallest absolute Gasteiger partial charge is 0.0802 e. The molecule has 45 heavy (non-hydrogen) atoms. The van der Waals surface area contributed by atoms with E-state index in [1.807, 2.05) is 6.20 Å². The van der Waals surface area contributed by atoms with Crippen molar-refractivity contribution in [1.82, 2.24) is 9.55 Å². The molecule has 0 radical (unpaired) electrons. The Morgan fingerprint density at radius 3 is 1.91 bits per heavy atom. The molecule has 0 aliphatic carbocycles. The number of benzene rings is 6. The van der Waals surface area contributed by atoms with Gasteiger partial charge in [0, 0.05) is 39.5 Å². The van der Waals surface area contributed by atoms with Gasteiger partial charge in [0.2, 0.25) is 0 Å². The van der Waals surface area contributed by atoms with E-state index in [2.05, 4.69) is 157 Å². The summed E-state index contributed by atoms with van der Waals surface area (Å²) in [5.74, 6) is 0. The molecule has 0 saturated carbocycles. The molecule has 0 unspecified atom stereocenters. The Morgan fingerprint density at radius 1 is 0.511 bits per heavy atom. The lowest BCUT2D eigenvalue weighted by atomic mass is 9.92. The fourth-order valence-electron chi connectivity index (χ4n) is 6.84. The molecule has 0 bridgehead atoms. The minimum absolute atomic E-state index is 0.997. The lowest BCUT2D eigenvalue weighted by Gasteiger charge is -2.12. The van der Waals surface area contributed by atoms with Gasteiger partial charge in [0.1, 0.15) is 0 Å². The fourth-order valence-corrected chi connectivity index (χ4v) is 7.87. The molecule has 0 aliphatic rings. The Bertz CT molecular complexity index is 2510. The van der Waals surface area contributed by atoms with Crippen molar-refractivity contribution in [2.24, 2.45) is 0 Å². The second-order valence-corrected chi connectivity index (χ2v) is 12.7. The summed E-state index contributed by atoms with van der Waals surface area (Å²) >= 11 is 1.80. The maximum atomic E-state index is 4.95. The summed E-state index contributed by atoms with van der Waals surface area (Å²) in [5, 5.41) is 8.99. The molecule has 9 rings (SSSR count). The van der Waals surface area contributed by atoms with E-state index < -0.39 is 0 Å². The Labute approximate surface area is 265 Å². The monoisotopic (exact) mass is 592 g/mol. The van der Waals surface area contributed by atoms with E-state index in [1.165, 1.54) is 75.4 Å². The third-order valence-corrected chi connectivity index (χ3v) is 10.2. The summed E-state index contributed by atoms with van der Waals surface area (Å²) in [5.41, 5.74) is 8.25. The van der Waals surface area contributed by atoms with Crippen LogP contribution in [0.3, 0.4) is 0 Å². The number of hydrogen-bond acceptors (Lipinski definition) is 2. The van der Waals surface area contributed by atoms with Crippen molar-refractivity contribution in [3.8, 4) is 37.8 Å². The standard InChI is InChI=1S/C42H28N2S/c1-27-9-2-7-15-39(27)44-24-23-35-36(14-8-16-40(35)44)41-21-22-42(45-41)38-20-18-29(26-43-38)28-17-19-34-32-12-4-3-10-30(32)31-11-5-6-13-33(31)37(34)25-28/h2-26H,1H3. The number of aromatic nitrogens is 2. The summed E-state index contributed by atoms with van der Waals surface area (Å²) in [6.07, 6.45) is 4.20. The van der Waals surface area contributed by atoms with Gasteiger partial charge in [-0.2, -0.15) is 0 Å². The SMILES string of the molecule is Cc1ccccc1-n1ccc2c(-c3ccc(-c4ccc(-c5ccc6c7ccccc7c7ccccc7c6c5)cn4)s3)cccc21. The van der Waals surface area contributed by atoms with E-state index >= 15 is 0 Å². The minimum Gasteiger partial charge on any atom is -0.316 e. The van der Waals surface area contributed by atoms with Gasteiger partial charge in [-0.15, -0.1) is 11.3 Å². The van der Waals surface area contributed by atoms with Crippen LogP contribution < -0.4 is 0 Å². The van der Waals surface area contributed by atoms with Gasteiger partial charge in [0.25, 0.3) is 0 Å². The number of nitrogens with zero attached hydrogens (tertiary/aromatic N) is 2. The van der Waals surface area contributed by atoms with Crippen LogP contribution in [0.15, 0.2) is 152 Å². The molecule has 0 amide bonds. The molecule has 212 valence electrons. The molecule has 0 spiro atoms. The quantitative estimate of drug-likeness (QED) is 0.186. The fraction of sp³-hybridized carbons (Fsp3) is 0.0238. The number of pyridine rings is 1. The average molecular weight is 593 g/mol. The van der Waals surface area contributed by atoms with Crippen molar-refractivity contribution in [2.75, 3.05) is 0 Å². The molecular formula is C42H28N2S. The van der Waals surface area contributed by atoms with E-state index in [-0.39, 0.29) is 0 Å². The zero-order valence-corrected chi connectivity index (χ0v) is 25.6. The maximum absolute atomic E-state index is 4.95. The second kappa shape index (κ2) is 10.3. The Balaban J connectivity index is 1.07. The Morgan fingerprint density at radius 2 is 1.18 bits per heavy atom. The number of rotatable bonds is 4. The van der Waals surface area contributed by atoms with Gasteiger partial charge in [0.05, 0.1) is 16.1 Å². The molecule has 6 aromatic carbocycles. The molecule has 0 fully saturated rings. The number of hydrogen-bond donors (Lipinski definition) is 0. The van der Waals surface area contributed by atoms with Crippen LogP contribution in [0.4, 0.5) is 0 Å². The normalized spacial score (nSPS) is 11.7. The predicted octanol–water partition coefficient (Wildman–Crippen LogP) is 11.9. The molecule has 3 aromatic heterocycles. The lowest BCUT2D eigenvalue weighted by molar-refractivity contribution is 1.10. The summed E-state index contributed by atoms with van der Waals surface area (Å²) in [6, 6.07) is 50.4. The topological polar surface area (TPSA) is 17.8 Å². The van der Waals surface area contributed by atoms with E-state index in [1.54, 1.807) is 11.3 Å². The van der Waals surface area contributed by atoms with Crippen LogP contribution in [0.1, 0.15) is 5.56 Å². The first-order valence-electron chi connectivity index (χ1n) is 15.3. The van der Waals surface area contributed by atoms with Crippen molar-refractivity contribution in [3.05, 3.63) is 157 Å². The van der Waals surface area contributed by atoms with E-state index in [9.17, 15) is 0 Å². The van der Waals surface area contributed by atoms with Gasteiger partial charge in [-0.3, -0.25) is 4.98 Å². The van der Waals surface area contributed by atoms with Crippen molar-refractivity contribution < 1.29 is 0 Å². The van der Waals surface area contributed by atoms with Crippen LogP contribution in [0.5, 0.6) is 0 Å². The molecule has 0 N–H and O–H groups in total. The summed E-state index contributed by atoms with van der Waals surface area (Å²) < 4.78 is 2.29. The number of fused-ring (bicyclic) bond motifs is 7. The molecule has 2 nitrogen and oxygen atoms in total. The number of para-hydroxylation sites is 1. The van der Waals surface area contributed by atoms with Gasteiger partial charge in [-0.1, -0.05) is 97.1 Å². The van der Waals surface area contributed by atoms with Crippen LogP contribution in [0, 0.1) is 6.92 Å². The van der Waals surface area contributed by atoms with E-state index in [0.717, 1.165) is 11.3 Å². The highest BCUT2D eigenvalue weighted by molar-refractivity contribution is 7.18. The Hall–Kier alpha value is -5.51. The lowest BCUT2D eigenvalue weighted by Crippen LogP contribution is -1.94. The molecule has 0 aliphatic heterocycles. The summed E-state index contributed by atoms with van der Waals surface area (Å²) in [6.45, 7) is 2.17. The van der Waals surface area contributed by atoms with Crippen LogP contribution in [0.25, 0.3) is 81.0 Å². The van der Waals surface area contributed by atoms with Gasteiger partial charge in [-0.25, -0.2) is 0 Å². The molecule has 0 atom stereocenters. The van der Waals surface area contributed by atoms with Crippen LogP contribution >= 0.6 is 11.3 Å². The maximum Gasteiger partial charge on any atom is 0.0802 e. The van der Waals surface area contributed by atoms with Crippen molar-refractivity contribution in [3.63, 3.8) is 0 Å². The highest BCUT2D eigenvalue weighted by atomic mass is 32.1. The largest absolute Gasteiger partial charge is 0.316 e. The average Bonchev–Trinajstić information content (AvgIpc) is 3.77. The zero-order valence-electron chi connectivity index (χ0n) is 24.7. The number of thiophene rings is 1. The van der Waals surface area contributed by atoms with Crippen LogP contribution in [-0.4, -0.2) is 9.55 Å². The Kier molecular flexibility index (Phi) is 5.93. The van der Waals surface area contributed by atoms with Crippen molar-refractivity contribution >= 4 is 54.6 Å². The van der Waals surface area contributed by atoms with Crippen LogP contribution in [-0.2, 0) is 0 Å². The van der Waals surface area contributed by atoms with Gasteiger partial charge in [0.15, 0.2) is 0 Å². The third kappa shape index (κ3) is 4.20. The van der Waals surface area contributed by atoms with E-state index in [0.29, 0.717) is 0 Å². The second-order valence-electron chi connectivity index (χ2n) is 11.7. The van der Waals surface area contributed by atoms with Gasteiger partial charge >= 0.3 is 0 Å². The minimum atomic E-state index is 0.997. The zero-order chi connectivity index (χ0) is 29.9. The van der Waals surface area contributed by atoms with Crippen molar-refractivity contribution in [1.29, 1.82) is 0 Å². The van der Waals surface area contributed by atoms with Crippen molar-refractivity contribution in [2.45, 2.75) is 6.92 Å². The summed E-state index contributed by atoms with van der Waals surface area (Å²) in [7, 11) is 0. The summed E-state index contributed by atoms with van der Waals surface area (Å²) in [4.78, 5) is 7.36. The molecule has 3 heterocycles. The molecular weight excluding hydrogens is 565 g/mol. The molecule has 9 aromatic rings. The predicted molar refractivity (Wildman–Crippen MR) is 193 cm³/mol.